The Morgan fingerprint density at radius 3 is 1.35 bits per heavy atom. The molecule has 0 bridgehead atoms. The van der Waals surface area contributed by atoms with Crippen molar-refractivity contribution >= 4 is 25.8 Å². The van der Waals surface area contributed by atoms with Gasteiger partial charge in [0, 0.05) is 0 Å². The lowest BCUT2D eigenvalue weighted by Gasteiger charge is -2.16. The zero-order valence-corrected chi connectivity index (χ0v) is 21.1. The maximum atomic E-state index is 12.2. The van der Waals surface area contributed by atoms with Crippen LogP contribution in [0.3, 0.4) is 0 Å². The lowest BCUT2D eigenvalue weighted by Crippen LogP contribution is -2.17. The van der Waals surface area contributed by atoms with Crippen molar-refractivity contribution in [3.05, 3.63) is 48.5 Å². The van der Waals surface area contributed by atoms with Crippen LogP contribution < -0.4 is 20.1 Å². The van der Waals surface area contributed by atoms with Crippen LogP contribution in [0.15, 0.2) is 48.5 Å². The van der Waals surface area contributed by atoms with Gasteiger partial charge in [0.05, 0.1) is 39.6 Å². The predicted molar refractivity (Wildman–Crippen MR) is 128 cm³/mol. The van der Waals surface area contributed by atoms with E-state index >= 15 is 0 Å². The van der Waals surface area contributed by atoms with Gasteiger partial charge < -0.3 is 37.8 Å². The molecule has 0 aromatic heterocycles. The Balaban J connectivity index is 1.63. The monoisotopic (exact) mass is 518 g/mol. The average molecular weight is 518 g/mol. The topological polar surface area (TPSA) is 130 Å². The summed E-state index contributed by atoms with van der Waals surface area (Å²) in [6.07, 6.45) is 0. The molecule has 2 unspecified atom stereocenters. The molecule has 12 heteroatoms. The third-order valence-electron chi connectivity index (χ3n) is 4.29. The fourth-order valence-corrected chi connectivity index (χ4v) is 5.22. The van der Waals surface area contributed by atoms with Crippen LogP contribution in [0.25, 0.3) is 0 Å². The zero-order valence-electron chi connectivity index (χ0n) is 19.3. The molecule has 0 aliphatic rings. The van der Waals surface area contributed by atoms with E-state index in [1.807, 2.05) is 0 Å². The van der Waals surface area contributed by atoms with Crippen molar-refractivity contribution in [3.63, 3.8) is 0 Å². The van der Waals surface area contributed by atoms with Crippen LogP contribution >= 0.6 is 15.2 Å². The molecule has 190 valence electrons. The molecule has 0 aliphatic carbocycles. The molecule has 0 saturated heterocycles. The summed E-state index contributed by atoms with van der Waals surface area (Å²) in [5.41, 5.74) is 0. The van der Waals surface area contributed by atoms with Gasteiger partial charge in [0.15, 0.2) is 0 Å². The second kappa shape index (κ2) is 14.6. The number of hydrogen-bond acceptors (Lipinski definition) is 8. The molecule has 0 amide bonds. The summed E-state index contributed by atoms with van der Waals surface area (Å²) in [7, 11) is -7.86. The molecule has 2 rings (SSSR count). The Bertz CT molecular complexity index is 891. The maximum absolute atomic E-state index is 12.2. The quantitative estimate of drug-likeness (QED) is 0.238. The maximum Gasteiger partial charge on any atom is 0.362 e. The Labute approximate surface area is 199 Å². The van der Waals surface area contributed by atoms with E-state index < -0.39 is 15.2 Å². The Morgan fingerprint density at radius 2 is 0.971 bits per heavy atom. The predicted octanol–water partition coefficient (Wildman–Crippen LogP) is 2.87. The molecule has 34 heavy (non-hydrogen) atoms. The molecule has 2 aromatic rings. The molecule has 2 N–H and O–H groups in total. The summed E-state index contributed by atoms with van der Waals surface area (Å²) >= 11 is 0. The first-order chi connectivity index (χ1) is 16.3. The molecule has 0 aliphatic heterocycles. The lowest BCUT2D eigenvalue weighted by atomic mass is 10.3. The zero-order chi connectivity index (χ0) is 24.9. The standard InChI is InChI=1S/C22H32O10P2/c1-3-31-33(23,24)21-11-7-5-9-19(21)29-17-15-27-13-14-28-16-18-30-20-10-6-8-12-22(20)34(25,26)32-4-2/h5-12H,3-4,13-18H2,1-2H3,(H,23,24)(H,25,26). The number of rotatable bonds is 17. The van der Waals surface area contributed by atoms with Crippen molar-refractivity contribution < 1.29 is 46.9 Å². The smallest absolute Gasteiger partial charge is 0.362 e. The van der Waals surface area contributed by atoms with Gasteiger partial charge in [0.2, 0.25) is 0 Å². The fraction of sp³-hybridized carbons (Fsp3) is 0.455. The lowest BCUT2D eigenvalue weighted by molar-refractivity contribution is 0.0275. The normalized spacial score (nSPS) is 14.8. The van der Waals surface area contributed by atoms with Gasteiger partial charge >= 0.3 is 15.2 Å². The number of hydrogen-bond donors (Lipinski definition) is 2. The molecule has 2 atom stereocenters. The second-order valence-corrected chi connectivity index (χ2v) is 10.3. The van der Waals surface area contributed by atoms with Gasteiger partial charge in [-0.25, -0.2) is 0 Å². The Morgan fingerprint density at radius 1 is 0.618 bits per heavy atom. The van der Waals surface area contributed by atoms with Gasteiger partial charge in [-0.3, -0.25) is 9.13 Å². The molecule has 2 aromatic carbocycles. The van der Waals surface area contributed by atoms with Gasteiger partial charge in [0.25, 0.3) is 0 Å². The molecule has 0 fully saturated rings. The van der Waals surface area contributed by atoms with E-state index in [0.29, 0.717) is 13.2 Å². The molecule has 10 nitrogen and oxygen atoms in total. The van der Waals surface area contributed by atoms with Crippen LogP contribution in [0.1, 0.15) is 13.8 Å². The minimum Gasteiger partial charge on any atom is -0.490 e. The highest BCUT2D eigenvalue weighted by Gasteiger charge is 2.27. The van der Waals surface area contributed by atoms with Crippen molar-refractivity contribution in [2.75, 3.05) is 52.9 Å². The Hall–Kier alpha value is -1.74. The highest BCUT2D eigenvalue weighted by molar-refractivity contribution is 7.61. The van der Waals surface area contributed by atoms with Crippen LogP contribution in [0.5, 0.6) is 11.5 Å². The number of benzene rings is 2. The summed E-state index contributed by atoms with van der Waals surface area (Å²) in [5, 5.41) is 0.223. The summed E-state index contributed by atoms with van der Waals surface area (Å²) in [5.74, 6) is 0.548. The Kier molecular flexibility index (Phi) is 12.2. The molecule has 0 heterocycles. The minimum atomic E-state index is -3.93. The van der Waals surface area contributed by atoms with Gasteiger partial charge in [-0.15, -0.1) is 0 Å². The van der Waals surface area contributed by atoms with E-state index in [-0.39, 0.29) is 61.7 Å². The van der Waals surface area contributed by atoms with Crippen LogP contribution in [0.4, 0.5) is 0 Å². The fourth-order valence-electron chi connectivity index (χ4n) is 2.86. The largest absolute Gasteiger partial charge is 0.490 e. The van der Waals surface area contributed by atoms with E-state index in [9.17, 15) is 18.9 Å². The van der Waals surface area contributed by atoms with Crippen LogP contribution in [-0.4, -0.2) is 62.6 Å². The van der Waals surface area contributed by atoms with Crippen molar-refractivity contribution in [1.82, 2.24) is 0 Å². The second-order valence-electron chi connectivity index (χ2n) is 6.73. The highest BCUT2D eigenvalue weighted by Crippen LogP contribution is 2.44. The van der Waals surface area contributed by atoms with E-state index in [0.717, 1.165) is 0 Å². The third kappa shape index (κ3) is 9.13. The first kappa shape index (κ1) is 28.5. The van der Waals surface area contributed by atoms with E-state index in [1.54, 1.807) is 50.2 Å². The van der Waals surface area contributed by atoms with Crippen LogP contribution in [0, 0.1) is 0 Å². The minimum absolute atomic E-state index is 0.109. The summed E-state index contributed by atoms with van der Waals surface area (Å²) in [6, 6.07) is 12.9. The number of ether oxygens (including phenoxy) is 4. The first-order valence-electron chi connectivity index (χ1n) is 10.9. The average Bonchev–Trinajstić information content (AvgIpc) is 2.80. The van der Waals surface area contributed by atoms with Crippen LogP contribution in [0.2, 0.25) is 0 Å². The van der Waals surface area contributed by atoms with E-state index in [4.69, 9.17) is 28.0 Å². The van der Waals surface area contributed by atoms with Crippen LogP contribution in [-0.2, 0) is 27.7 Å². The van der Waals surface area contributed by atoms with Crippen molar-refractivity contribution in [2.45, 2.75) is 13.8 Å². The molecular formula is C22H32O10P2. The molecule has 0 spiro atoms. The van der Waals surface area contributed by atoms with Gasteiger partial charge in [-0.05, 0) is 38.1 Å². The van der Waals surface area contributed by atoms with Gasteiger partial charge in [-0.1, -0.05) is 24.3 Å². The third-order valence-corrected chi connectivity index (χ3v) is 7.46. The first-order valence-corrected chi connectivity index (χ1v) is 14.0. The number of para-hydroxylation sites is 2. The van der Waals surface area contributed by atoms with Gasteiger partial charge in [0.1, 0.15) is 35.3 Å². The summed E-state index contributed by atoms with van der Waals surface area (Å²) in [4.78, 5) is 20.0. The molecule has 0 radical (unpaired) electrons. The van der Waals surface area contributed by atoms with Crippen molar-refractivity contribution in [3.8, 4) is 11.5 Å². The van der Waals surface area contributed by atoms with E-state index in [1.165, 1.54) is 12.1 Å². The van der Waals surface area contributed by atoms with E-state index in [2.05, 4.69) is 0 Å². The highest BCUT2D eigenvalue weighted by atomic mass is 31.2. The van der Waals surface area contributed by atoms with Crippen molar-refractivity contribution in [1.29, 1.82) is 0 Å². The SMILES string of the molecule is CCOP(=O)(O)c1ccccc1OCCOCCOCCOc1ccccc1P(=O)(O)OCC. The summed E-state index contributed by atoms with van der Waals surface area (Å²) < 4.78 is 56.4. The molecule has 0 saturated carbocycles. The summed E-state index contributed by atoms with van der Waals surface area (Å²) in [6.45, 7) is 5.02. The van der Waals surface area contributed by atoms with Gasteiger partial charge in [-0.2, -0.15) is 0 Å². The molecular weight excluding hydrogens is 486 g/mol. The van der Waals surface area contributed by atoms with Crippen molar-refractivity contribution in [2.24, 2.45) is 0 Å².